The minimum atomic E-state index is -2.83. The Hall–Kier alpha value is -5.78. The summed E-state index contributed by atoms with van der Waals surface area (Å²) in [6.07, 6.45) is 12.1. The molecule has 20 nitrogen and oxygen atoms in total. The van der Waals surface area contributed by atoms with Crippen LogP contribution in [0.1, 0.15) is 231 Å². The quantitative estimate of drug-likeness (QED) is 0.0214. The Morgan fingerprint density at radius 3 is 1.70 bits per heavy atom. The van der Waals surface area contributed by atoms with Gasteiger partial charge in [0.25, 0.3) is 17.7 Å². The molecule has 1 aliphatic carbocycles. The van der Waals surface area contributed by atoms with Gasteiger partial charge >= 0.3 is 26.2 Å². The Kier molecular flexibility index (Phi) is 40.3. The van der Waals surface area contributed by atoms with Gasteiger partial charge in [-0.15, -0.1) is 6.58 Å². The molecule has 4 aliphatic rings. The van der Waals surface area contributed by atoms with Gasteiger partial charge in [-0.2, -0.15) is 0 Å². The van der Waals surface area contributed by atoms with Gasteiger partial charge in [0.1, 0.15) is 29.8 Å². The van der Waals surface area contributed by atoms with E-state index in [0.29, 0.717) is 76.2 Å². The van der Waals surface area contributed by atoms with E-state index in [-0.39, 0.29) is 106 Å². The molecule has 100 heavy (non-hydrogen) atoms. The number of carboxylic acids is 2. The topological polar surface area (TPSA) is 296 Å². The number of fused-ring (bicyclic) bond motifs is 3. The summed E-state index contributed by atoms with van der Waals surface area (Å²) in [5.41, 5.74) is 0.664. The van der Waals surface area contributed by atoms with E-state index in [1.165, 1.54) is 19.1 Å². The number of Topliss-reactive ketones (excluding diaryl/α,β-unsaturated/α-hetero) is 3. The molecule has 2 bridgehead atoms. The molecule has 2 aromatic carbocycles. The number of piperidine rings is 1. The van der Waals surface area contributed by atoms with Crippen LogP contribution in [0, 0.1) is 35.5 Å². The fourth-order valence-corrected chi connectivity index (χ4v) is 19.0. The Labute approximate surface area is 599 Å². The van der Waals surface area contributed by atoms with Gasteiger partial charge in [0.15, 0.2) is 0 Å². The third-order valence-corrected chi connectivity index (χ3v) is 25.1. The number of aliphatic carboxylic acids is 2. The highest BCUT2D eigenvalue weighted by Crippen LogP contribution is 2.41. The van der Waals surface area contributed by atoms with Crippen LogP contribution in [0.5, 0.6) is 0 Å². The summed E-state index contributed by atoms with van der Waals surface area (Å²) in [6.45, 7) is 21.4. The smallest absolute Gasteiger partial charge is 0.329 e. The average molecular weight is 1420 g/mol. The fraction of sp³-hybridized carbons (Fsp3) is 0.696. The lowest BCUT2D eigenvalue weighted by Crippen LogP contribution is -2.67. The van der Waals surface area contributed by atoms with Crippen molar-refractivity contribution in [3.63, 3.8) is 0 Å². The summed E-state index contributed by atoms with van der Waals surface area (Å²) in [6, 6.07) is 19.1. The van der Waals surface area contributed by atoms with Crippen molar-refractivity contribution in [1.29, 1.82) is 0 Å². The Morgan fingerprint density at radius 2 is 1.19 bits per heavy atom. The summed E-state index contributed by atoms with van der Waals surface area (Å²) in [4.78, 5) is 102. The van der Waals surface area contributed by atoms with Gasteiger partial charge in [0.05, 0.1) is 30.5 Å². The van der Waals surface area contributed by atoms with E-state index in [0.717, 1.165) is 61.7 Å². The van der Waals surface area contributed by atoms with E-state index in [1.54, 1.807) is 34.0 Å². The van der Waals surface area contributed by atoms with Crippen LogP contribution in [-0.2, 0) is 66.5 Å². The number of ketones is 3. The minimum Gasteiger partial charge on any atom is -0.510 e. The van der Waals surface area contributed by atoms with Crippen LogP contribution in [0.2, 0.25) is 5.04 Å². The molecule has 0 aromatic heterocycles. The zero-order valence-corrected chi connectivity index (χ0v) is 61.8. The first-order valence-electron chi connectivity index (χ1n) is 35.9. The molecule has 21 heteroatoms. The number of hydrogen-bond acceptors (Lipinski definition) is 17. The summed E-state index contributed by atoms with van der Waals surface area (Å²) in [5, 5.41) is 53.1. The first-order chi connectivity index (χ1) is 46.4. The number of hydrogen-bond donors (Lipinski definition) is 5. The molecule has 0 radical (unpaired) electrons. The number of esters is 1. The van der Waals surface area contributed by atoms with Crippen LogP contribution in [0.25, 0.3) is 0 Å². The number of rotatable bonds is 24. The van der Waals surface area contributed by atoms with Gasteiger partial charge in [-0.05, 0) is 149 Å². The van der Waals surface area contributed by atoms with Crippen LogP contribution in [0.15, 0.2) is 85.0 Å². The number of carbonyl (C=O) groups is 8. The number of allylic oxidation sites excluding steroid dienone is 2. The molecule has 6 rings (SSSR count). The van der Waals surface area contributed by atoms with Crippen molar-refractivity contribution in [3.8, 4) is 0 Å². The number of cyclic esters (lactones) is 1. The van der Waals surface area contributed by atoms with Crippen LogP contribution in [0.3, 0.4) is 0 Å². The van der Waals surface area contributed by atoms with E-state index in [4.69, 9.17) is 38.3 Å². The predicted molar refractivity (Wildman–Crippen MR) is 391 cm³/mol. The summed E-state index contributed by atoms with van der Waals surface area (Å²) < 4.78 is 36.2. The van der Waals surface area contributed by atoms with Crippen molar-refractivity contribution in [1.82, 2.24) is 4.90 Å². The van der Waals surface area contributed by atoms with E-state index >= 15 is 0 Å². The lowest BCUT2D eigenvalue weighted by atomic mass is 9.79. The number of benzene rings is 2. The van der Waals surface area contributed by atoms with Gasteiger partial charge in [-0.1, -0.05) is 162 Å². The van der Waals surface area contributed by atoms with Crippen molar-refractivity contribution >= 4 is 65.8 Å². The Morgan fingerprint density at radius 1 is 0.670 bits per heavy atom. The highest BCUT2D eigenvalue weighted by atomic mass is 28.4. The second kappa shape index (κ2) is 44.7. The SMILES string of the molecule is C.C.C=CC[C@H]1CC(C)C[C@H](C)C[C@@H](OC)[C@H]2O[C@@](O)(C(=O)C(=O)N3CCCCC3C(=O)O[C@H](/C(C)=C/[C@@H]3CC[C@@H](O)[C@H](OC)C3)[C@H](C)[C@@H](O)CC1=O)[C@H](C)C[C@@H]2OC.CC(=O)CCCCCCC(=O)O.CC(C)(C)[Si](OC(=O)CCCCCCC(=O)O)(c1ccccc1)c1ccccc1. The molecule has 5 N–H and O–H groups in total. The molecule has 0 spiro atoms. The highest BCUT2D eigenvalue weighted by Gasteiger charge is 2.57. The molecule has 566 valence electrons. The van der Waals surface area contributed by atoms with Crippen LogP contribution >= 0.6 is 0 Å². The standard InChI is InChI=1S/C44H71NO12.C24H32O4Si.C9H16O3.2CH4/c1-10-13-31-19-25(2)18-26(3)20-37(54-8)40-38(55-9)22-28(5)44(52,57-40)41(49)42(50)45-17-12-11-14-32(45)43(51)56-39(29(6)34(47)24-35(31)48)27(4)21-30-15-16-33(46)36(23-30)53-7;1-24(2,3)29(20-14-8-6-9-15-20,21-16-10-7-11-17-21)28-23(27)19-13-5-4-12-18-22(25)26;1-8(10)6-4-2-3-5-7-9(11)12;;/h10,21,25-26,28-34,36-40,46-47,52H,1,11-20,22-24H2,2-9H3;6-11,14-17H,4-5,12-13,18-19H2,1-3H3,(H,25,26);2-7H2,1H3,(H,11,12);2*1H4/b27-21+;;;;/t25?,26-,28+,29+,30-,31-,32?,33+,34-,36+,37+,38-,39+,40+,44+;;;;/m0..../s1. The number of unbranched alkanes of at least 4 members (excludes halogenated alkanes) is 6. The van der Waals surface area contributed by atoms with E-state index in [9.17, 15) is 53.7 Å². The number of ether oxygens (including phenoxy) is 5. The Bertz CT molecular complexity index is 2800. The zero-order chi connectivity index (χ0) is 72.9. The van der Waals surface area contributed by atoms with Crippen LogP contribution < -0.4 is 10.4 Å². The predicted octanol–water partition coefficient (Wildman–Crippen LogP) is 12.5. The number of methoxy groups -OCH3 is 3. The van der Waals surface area contributed by atoms with Gasteiger partial charge in [0.2, 0.25) is 5.79 Å². The summed E-state index contributed by atoms with van der Waals surface area (Å²) in [7, 11) is 1.81. The first kappa shape index (κ1) is 90.3. The maximum atomic E-state index is 14.3. The second-order valence-electron chi connectivity index (χ2n) is 29.2. The normalized spacial score (nSPS) is 28.2. The van der Waals surface area contributed by atoms with E-state index < -0.39 is 98.2 Å². The van der Waals surface area contributed by atoms with E-state index in [1.807, 2.05) is 49.4 Å². The highest BCUT2D eigenvalue weighted by molar-refractivity contribution is 7.00. The lowest BCUT2D eigenvalue weighted by molar-refractivity contribution is -0.302. The third kappa shape index (κ3) is 27.1. The third-order valence-electron chi connectivity index (χ3n) is 20.2. The van der Waals surface area contributed by atoms with Crippen LogP contribution in [0.4, 0.5) is 0 Å². The number of carboxylic acid groups (broad SMARTS) is 2. The largest absolute Gasteiger partial charge is 0.510 e. The van der Waals surface area contributed by atoms with E-state index in [2.05, 4.69) is 65.5 Å². The van der Waals surface area contributed by atoms with Gasteiger partial charge < -0.3 is 63.3 Å². The van der Waals surface area contributed by atoms with Crippen LogP contribution in [-0.4, -0.2) is 168 Å². The molecule has 2 unspecified atom stereocenters. The number of aliphatic hydroxyl groups excluding tert-OH is 2. The Balaban J connectivity index is 0.000000654. The average Bonchev–Trinajstić information content (AvgIpc) is 0.759. The maximum absolute atomic E-state index is 14.3. The van der Waals surface area contributed by atoms with Crippen molar-refractivity contribution in [2.75, 3.05) is 27.9 Å². The molecule has 1 saturated carbocycles. The van der Waals surface area contributed by atoms with Crippen molar-refractivity contribution in [2.24, 2.45) is 35.5 Å². The van der Waals surface area contributed by atoms with Gasteiger partial charge in [0, 0.05) is 77.7 Å². The second-order valence-corrected chi connectivity index (χ2v) is 33.4. The molecule has 15 atom stereocenters. The number of amides is 1. The maximum Gasteiger partial charge on any atom is 0.329 e. The number of carbonyl (C=O) groups excluding carboxylic acids is 6. The molecule has 3 saturated heterocycles. The number of nitrogens with zero attached hydrogens (tertiary/aromatic N) is 1. The van der Waals surface area contributed by atoms with Gasteiger partial charge in [-0.25, -0.2) is 4.79 Å². The molecule has 1 amide bonds. The first-order valence-corrected chi connectivity index (χ1v) is 37.8. The summed E-state index contributed by atoms with van der Waals surface area (Å²) >= 11 is 0. The molecule has 3 aliphatic heterocycles. The van der Waals surface area contributed by atoms with Crippen molar-refractivity contribution in [3.05, 3.63) is 85.0 Å². The molecule has 2 aromatic rings. The monoisotopic (exact) mass is 1420 g/mol. The molecule has 4 fully saturated rings. The van der Waals surface area contributed by atoms with Crippen molar-refractivity contribution < 1.29 is 92.0 Å². The fourth-order valence-electron chi connectivity index (χ4n) is 14.6. The minimum absolute atomic E-state index is 0. The lowest BCUT2D eigenvalue weighted by Gasteiger charge is -2.47. The van der Waals surface area contributed by atoms with Crippen molar-refractivity contribution in [2.45, 2.75) is 291 Å². The van der Waals surface area contributed by atoms with Gasteiger partial charge in [-0.3, -0.25) is 28.8 Å². The molecular formula is C79H127NO19Si. The zero-order valence-electron chi connectivity index (χ0n) is 60.8. The number of aliphatic hydroxyl groups is 3. The molecular weight excluding hydrogens is 1290 g/mol. The summed E-state index contributed by atoms with van der Waals surface area (Å²) in [5.74, 6) is -8.72. The molecule has 3 heterocycles.